The second-order valence-corrected chi connectivity index (χ2v) is 6.04. The predicted octanol–water partition coefficient (Wildman–Crippen LogP) is 1.79. The van der Waals surface area contributed by atoms with Crippen molar-refractivity contribution in [3.05, 3.63) is 29.6 Å². The summed E-state index contributed by atoms with van der Waals surface area (Å²) in [6, 6.07) is 3.97. The molecule has 1 aromatic rings. The summed E-state index contributed by atoms with van der Waals surface area (Å²) < 4.78 is 18.6. The lowest BCUT2D eigenvalue weighted by atomic mass is 10.0. The van der Waals surface area contributed by atoms with Gasteiger partial charge >= 0.3 is 6.03 Å². The van der Waals surface area contributed by atoms with Gasteiger partial charge in [0.2, 0.25) is 0 Å². The van der Waals surface area contributed by atoms with Gasteiger partial charge in [-0.15, -0.1) is 0 Å². The molecule has 1 aromatic carbocycles. The number of hydrogen-bond donors (Lipinski definition) is 3. The molecule has 2 rings (SSSR count). The van der Waals surface area contributed by atoms with Crippen LogP contribution in [-0.4, -0.2) is 50.6 Å². The number of halogens is 1. The first kappa shape index (κ1) is 18.5. The van der Waals surface area contributed by atoms with Gasteiger partial charge in [-0.3, -0.25) is 0 Å². The highest BCUT2D eigenvalue weighted by molar-refractivity contribution is 5.74. The molecule has 2 amide bonds. The number of piperidine rings is 1. The molecule has 24 heavy (non-hydrogen) atoms. The molecule has 1 fully saturated rings. The predicted molar refractivity (Wildman–Crippen MR) is 90.7 cm³/mol. The molecule has 1 aliphatic heterocycles. The summed E-state index contributed by atoms with van der Waals surface area (Å²) in [4.78, 5) is 14.0. The maximum Gasteiger partial charge on any atom is 0.315 e. The van der Waals surface area contributed by atoms with Crippen molar-refractivity contribution in [2.45, 2.75) is 31.9 Å². The van der Waals surface area contributed by atoms with Gasteiger partial charge in [-0.1, -0.05) is 0 Å². The molecule has 0 aromatic heterocycles. The number of ether oxygens (including phenoxy) is 1. The summed E-state index contributed by atoms with van der Waals surface area (Å²) in [7, 11) is 1.57. The third kappa shape index (κ3) is 5.07. The second-order valence-electron chi connectivity index (χ2n) is 6.04. The summed E-state index contributed by atoms with van der Waals surface area (Å²) in [5.41, 5.74) is 1.63. The summed E-state index contributed by atoms with van der Waals surface area (Å²) in [6.07, 6.45) is 1.11. The number of nitrogens with one attached hydrogen (secondary N) is 2. The number of aliphatic hydroxyl groups excluding tert-OH is 1. The van der Waals surface area contributed by atoms with Crippen LogP contribution in [0.1, 0.15) is 31.4 Å². The van der Waals surface area contributed by atoms with Gasteiger partial charge in [0.1, 0.15) is 5.82 Å². The van der Waals surface area contributed by atoms with Crippen LogP contribution < -0.4 is 15.5 Å². The highest BCUT2D eigenvalue weighted by atomic mass is 19.1. The van der Waals surface area contributed by atoms with Crippen molar-refractivity contribution in [1.82, 2.24) is 10.6 Å². The molecule has 0 saturated carbocycles. The quantitative estimate of drug-likeness (QED) is 0.691. The van der Waals surface area contributed by atoms with Crippen LogP contribution in [0.3, 0.4) is 0 Å². The minimum atomic E-state index is -0.343. The number of urea groups is 1. The molecule has 0 aliphatic carbocycles. The Labute approximate surface area is 142 Å². The second kappa shape index (κ2) is 8.84. The SMILES string of the molecule is COCCNC(=O)NC(C)c1cc(F)ccc1N1CCC(O)CC1. The van der Waals surface area contributed by atoms with E-state index in [0.717, 1.165) is 11.3 Å². The van der Waals surface area contributed by atoms with Crippen LogP contribution in [0.4, 0.5) is 14.9 Å². The maximum absolute atomic E-state index is 13.7. The van der Waals surface area contributed by atoms with E-state index in [-0.39, 0.29) is 24.0 Å². The number of rotatable bonds is 6. The van der Waals surface area contributed by atoms with Gasteiger partial charge in [-0.2, -0.15) is 0 Å². The fraction of sp³-hybridized carbons (Fsp3) is 0.588. The molecule has 0 spiro atoms. The molecule has 3 N–H and O–H groups in total. The lowest BCUT2D eigenvalue weighted by Crippen LogP contribution is -2.40. The molecule has 1 saturated heterocycles. The van der Waals surface area contributed by atoms with Crippen molar-refractivity contribution in [3.8, 4) is 0 Å². The first-order valence-corrected chi connectivity index (χ1v) is 8.27. The Hall–Kier alpha value is -1.86. The first-order valence-electron chi connectivity index (χ1n) is 8.27. The first-order chi connectivity index (χ1) is 11.5. The highest BCUT2D eigenvalue weighted by Gasteiger charge is 2.22. The lowest BCUT2D eigenvalue weighted by Gasteiger charge is -2.34. The minimum Gasteiger partial charge on any atom is -0.393 e. The fourth-order valence-electron chi connectivity index (χ4n) is 2.86. The summed E-state index contributed by atoms with van der Waals surface area (Å²) in [5.74, 6) is -0.334. The van der Waals surface area contributed by atoms with Gasteiger partial charge < -0.3 is 25.4 Å². The zero-order valence-electron chi connectivity index (χ0n) is 14.2. The van der Waals surface area contributed by atoms with Crippen molar-refractivity contribution >= 4 is 11.7 Å². The van der Waals surface area contributed by atoms with Gasteiger partial charge in [-0.25, -0.2) is 9.18 Å². The Morgan fingerprint density at radius 1 is 1.46 bits per heavy atom. The van der Waals surface area contributed by atoms with E-state index in [0.29, 0.717) is 39.1 Å². The van der Waals surface area contributed by atoms with E-state index >= 15 is 0 Å². The number of benzene rings is 1. The van der Waals surface area contributed by atoms with E-state index in [1.807, 2.05) is 6.92 Å². The fourth-order valence-corrected chi connectivity index (χ4v) is 2.86. The molecule has 6 nitrogen and oxygen atoms in total. The lowest BCUT2D eigenvalue weighted by molar-refractivity contribution is 0.145. The average Bonchev–Trinajstić information content (AvgIpc) is 2.56. The van der Waals surface area contributed by atoms with E-state index in [4.69, 9.17) is 4.74 Å². The Balaban J connectivity index is 2.07. The van der Waals surface area contributed by atoms with E-state index < -0.39 is 0 Å². The van der Waals surface area contributed by atoms with Crippen LogP contribution in [-0.2, 0) is 4.74 Å². The largest absolute Gasteiger partial charge is 0.393 e. The third-order valence-electron chi connectivity index (χ3n) is 4.20. The molecule has 0 bridgehead atoms. The van der Waals surface area contributed by atoms with Crippen molar-refractivity contribution in [3.63, 3.8) is 0 Å². The van der Waals surface area contributed by atoms with E-state index in [9.17, 15) is 14.3 Å². The number of methoxy groups -OCH3 is 1. The zero-order chi connectivity index (χ0) is 17.5. The maximum atomic E-state index is 13.7. The van der Waals surface area contributed by atoms with Crippen LogP contribution in [0.2, 0.25) is 0 Å². The van der Waals surface area contributed by atoms with Crippen molar-refractivity contribution in [2.75, 3.05) is 38.3 Å². The smallest absolute Gasteiger partial charge is 0.315 e. The van der Waals surface area contributed by atoms with Crippen LogP contribution in [0.25, 0.3) is 0 Å². The summed E-state index contributed by atoms with van der Waals surface area (Å²) in [6.45, 7) is 4.10. The van der Waals surface area contributed by atoms with Crippen LogP contribution in [0.5, 0.6) is 0 Å². The molecular weight excluding hydrogens is 313 g/mol. The normalized spacial score (nSPS) is 16.8. The minimum absolute atomic E-state index is 0.271. The number of amides is 2. The van der Waals surface area contributed by atoms with Gasteiger partial charge in [0.05, 0.1) is 18.8 Å². The standard InChI is InChI=1S/C17H26FN3O3/c1-12(20-17(23)19-7-10-24-2)15-11-13(18)3-4-16(15)21-8-5-14(22)6-9-21/h3-4,11-12,14,22H,5-10H2,1-2H3,(H2,19,20,23). The van der Waals surface area contributed by atoms with Crippen LogP contribution >= 0.6 is 0 Å². The van der Waals surface area contributed by atoms with Gasteiger partial charge in [0.25, 0.3) is 0 Å². The molecule has 134 valence electrons. The van der Waals surface area contributed by atoms with Crippen LogP contribution in [0.15, 0.2) is 18.2 Å². The Kier molecular flexibility index (Phi) is 6.81. The number of carbonyl (C=O) groups is 1. The van der Waals surface area contributed by atoms with E-state index in [1.54, 1.807) is 13.2 Å². The zero-order valence-corrected chi connectivity index (χ0v) is 14.2. The average molecular weight is 339 g/mol. The summed E-state index contributed by atoms with van der Waals surface area (Å²) >= 11 is 0. The Morgan fingerprint density at radius 2 is 2.17 bits per heavy atom. The van der Waals surface area contributed by atoms with Gasteiger partial charge in [-0.05, 0) is 38.0 Å². The molecular formula is C17H26FN3O3. The van der Waals surface area contributed by atoms with Gasteiger partial charge in [0.15, 0.2) is 0 Å². The molecule has 1 aliphatic rings. The van der Waals surface area contributed by atoms with E-state index in [1.165, 1.54) is 12.1 Å². The molecule has 0 radical (unpaired) electrons. The highest BCUT2D eigenvalue weighted by Crippen LogP contribution is 2.29. The number of hydrogen-bond acceptors (Lipinski definition) is 4. The number of anilines is 1. The Bertz CT molecular complexity index is 548. The molecule has 1 heterocycles. The molecule has 1 unspecified atom stereocenters. The van der Waals surface area contributed by atoms with Crippen molar-refractivity contribution < 1.29 is 19.0 Å². The molecule has 7 heteroatoms. The third-order valence-corrected chi connectivity index (χ3v) is 4.20. The number of nitrogens with zero attached hydrogens (tertiary/aromatic N) is 1. The number of aliphatic hydroxyl groups is 1. The topological polar surface area (TPSA) is 73.8 Å². The van der Waals surface area contributed by atoms with Crippen molar-refractivity contribution in [1.29, 1.82) is 0 Å². The Morgan fingerprint density at radius 3 is 2.83 bits per heavy atom. The molecule has 1 atom stereocenters. The van der Waals surface area contributed by atoms with Crippen LogP contribution in [0, 0.1) is 5.82 Å². The van der Waals surface area contributed by atoms with Crippen molar-refractivity contribution in [2.24, 2.45) is 0 Å². The van der Waals surface area contributed by atoms with E-state index in [2.05, 4.69) is 15.5 Å². The number of carbonyl (C=O) groups excluding carboxylic acids is 1. The monoisotopic (exact) mass is 339 g/mol. The summed E-state index contributed by atoms with van der Waals surface area (Å²) in [5, 5.41) is 15.2. The van der Waals surface area contributed by atoms with Gasteiger partial charge in [0, 0.05) is 38.0 Å².